The highest BCUT2D eigenvalue weighted by molar-refractivity contribution is 6.34. The second-order valence-electron chi connectivity index (χ2n) is 2.47. The maximum atomic E-state index is 10.6. The molecule has 0 aliphatic carbocycles. The molecule has 0 aromatic rings. The van der Waals surface area contributed by atoms with E-state index in [-0.39, 0.29) is 6.61 Å². The van der Waals surface area contributed by atoms with Crippen LogP contribution in [0.5, 0.6) is 0 Å². The summed E-state index contributed by atoms with van der Waals surface area (Å²) in [6.45, 7) is 6.04. The molecule has 0 spiro atoms. The Morgan fingerprint density at radius 1 is 1.36 bits per heavy atom. The standard InChI is InChI=1S/C8H14O5Si/c1-4-14-11-5-8(12-6(2)9)13-7(3)10/h4,8H,1,5,14H2,2-3H3. The predicted molar refractivity (Wildman–Crippen MR) is 52.0 cm³/mol. The highest BCUT2D eigenvalue weighted by atomic mass is 28.2. The fourth-order valence-corrected chi connectivity index (χ4v) is 1.21. The van der Waals surface area contributed by atoms with E-state index >= 15 is 0 Å². The Labute approximate surface area is 85.0 Å². The number of ether oxygens (including phenoxy) is 2. The largest absolute Gasteiger partial charge is 0.423 e. The quantitative estimate of drug-likeness (QED) is 0.265. The van der Waals surface area contributed by atoms with Gasteiger partial charge in [-0.1, -0.05) is 5.70 Å². The van der Waals surface area contributed by atoms with Crippen LogP contribution < -0.4 is 0 Å². The summed E-state index contributed by atoms with van der Waals surface area (Å²) in [6, 6.07) is 0. The Kier molecular flexibility index (Phi) is 6.68. The van der Waals surface area contributed by atoms with Gasteiger partial charge in [-0.2, -0.15) is 0 Å². The summed E-state index contributed by atoms with van der Waals surface area (Å²) < 4.78 is 14.5. The molecule has 0 aromatic carbocycles. The molecular formula is C8H14O5Si. The van der Waals surface area contributed by atoms with E-state index in [2.05, 4.69) is 16.1 Å². The molecule has 0 heterocycles. The molecule has 0 bridgehead atoms. The summed E-state index contributed by atoms with van der Waals surface area (Å²) in [5, 5.41) is 0. The molecule has 0 N–H and O–H groups in total. The minimum absolute atomic E-state index is 0.0669. The average molecular weight is 218 g/mol. The molecule has 6 heteroatoms. The first-order valence-electron chi connectivity index (χ1n) is 4.09. The summed E-state index contributed by atoms with van der Waals surface area (Å²) in [6.07, 6.45) is -0.947. The Morgan fingerprint density at radius 2 is 1.86 bits per heavy atom. The van der Waals surface area contributed by atoms with Gasteiger partial charge >= 0.3 is 11.9 Å². The number of hydrogen-bond donors (Lipinski definition) is 0. The van der Waals surface area contributed by atoms with Gasteiger partial charge in [0.05, 0.1) is 0 Å². The molecule has 80 valence electrons. The van der Waals surface area contributed by atoms with Gasteiger partial charge in [0.25, 0.3) is 6.29 Å². The molecule has 14 heavy (non-hydrogen) atoms. The van der Waals surface area contributed by atoms with E-state index in [1.807, 2.05) is 0 Å². The van der Waals surface area contributed by atoms with Crippen LogP contribution in [0, 0.1) is 0 Å². The Morgan fingerprint density at radius 3 is 2.21 bits per heavy atom. The van der Waals surface area contributed by atoms with Crippen LogP contribution in [-0.2, 0) is 23.5 Å². The molecule has 0 amide bonds. The minimum atomic E-state index is -0.947. The summed E-state index contributed by atoms with van der Waals surface area (Å²) in [5.74, 6) is -1.03. The fraction of sp³-hybridized carbons (Fsp3) is 0.500. The smallest absolute Gasteiger partial charge is 0.305 e. The number of hydrogen-bond acceptors (Lipinski definition) is 5. The maximum absolute atomic E-state index is 10.6. The van der Waals surface area contributed by atoms with Gasteiger partial charge in [-0.15, -0.1) is 6.58 Å². The van der Waals surface area contributed by atoms with E-state index in [1.54, 1.807) is 5.70 Å². The number of esters is 2. The minimum Gasteiger partial charge on any atom is -0.423 e. The summed E-state index contributed by atoms with van der Waals surface area (Å²) in [7, 11) is -0.808. The van der Waals surface area contributed by atoms with E-state index < -0.39 is 28.0 Å². The van der Waals surface area contributed by atoms with E-state index in [0.29, 0.717) is 0 Å². The molecule has 0 saturated heterocycles. The zero-order chi connectivity index (χ0) is 11.0. The number of carbonyl (C=O) groups is 2. The zero-order valence-electron chi connectivity index (χ0n) is 8.32. The van der Waals surface area contributed by atoms with Gasteiger partial charge in [0, 0.05) is 13.8 Å². The molecule has 0 radical (unpaired) electrons. The van der Waals surface area contributed by atoms with Crippen molar-refractivity contribution in [1.29, 1.82) is 0 Å². The van der Waals surface area contributed by atoms with Crippen molar-refractivity contribution in [1.82, 2.24) is 0 Å². The molecule has 0 aliphatic heterocycles. The third kappa shape index (κ3) is 7.50. The van der Waals surface area contributed by atoms with Crippen molar-refractivity contribution in [2.75, 3.05) is 6.61 Å². The van der Waals surface area contributed by atoms with Crippen LogP contribution >= 0.6 is 0 Å². The van der Waals surface area contributed by atoms with E-state index in [4.69, 9.17) is 4.43 Å². The van der Waals surface area contributed by atoms with Crippen LogP contribution in [0.25, 0.3) is 0 Å². The SMILES string of the molecule is C=C[SiH2]OCC(OC(C)=O)OC(C)=O. The third-order valence-corrected chi connectivity index (χ3v) is 1.79. The second kappa shape index (κ2) is 7.28. The monoisotopic (exact) mass is 218 g/mol. The van der Waals surface area contributed by atoms with Crippen LogP contribution in [0.3, 0.4) is 0 Å². The molecule has 0 fully saturated rings. The molecule has 0 atom stereocenters. The highest BCUT2D eigenvalue weighted by Gasteiger charge is 2.14. The van der Waals surface area contributed by atoms with Gasteiger partial charge in [-0.25, -0.2) is 0 Å². The maximum Gasteiger partial charge on any atom is 0.305 e. The van der Waals surface area contributed by atoms with Gasteiger partial charge in [0.15, 0.2) is 9.76 Å². The lowest BCUT2D eigenvalue weighted by Gasteiger charge is -2.16. The van der Waals surface area contributed by atoms with Gasteiger partial charge in [0.2, 0.25) is 0 Å². The van der Waals surface area contributed by atoms with E-state index in [1.165, 1.54) is 13.8 Å². The first-order chi connectivity index (χ1) is 6.56. The van der Waals surface area contributed by atoms with Crippen molar-refractivity contribution in [2.24, 2.45) is 0 Å². The van der Waals surface area contributed by atoms with Gasteiger partial charge < -0.3 is 13.9 Å². The number of rotatable bonds is 6. The van der Waals surface area contributed by atoms with Crippen molar-refractivity contribution in [2.45, 2.75) is 20.1 Å². The van der Waals surface area contributed by atoms with Gasteiger partial charge in [-0.05, 0) is 0 Å². The molecule has 0 saturated carbocycles. The average Bonchev–Trinajstić information content (AvgIpc) is 2.02. The van der Waals surface area contributed by atoms with Gasteiger partial charge in [-0.3, -0.25) is 9.59 Å². The normalized spacial score (nSPS) is 10.5. The third-order valence-electron chi connectivity index (χ3n) is 1.08. The first-order valence-corrected chi connectivity index (χ1v) is 5.48. The Bertz CT molecular complexity index is 200. The van der Waals surface area contributed by atoms with Crippen LogP contribution in [-0.4, -0.2) is 34.6 Å². The van der Waals surface area contributed by atoms with E-state index in [9.17, 15) is 9.59 Å². The molecule has 5 nitrogen and oxygen atoms in total. The highest BCUT2D eigenvalue weighted by Crippen LogP contribution is 1.97. The number of carbonyl (C=O) groups excluding carboxylic acids is 2. The van der Waals surface area contributed by atoms with E-state index in [0.717, 1.165) is 0 Å². The Balaban J connectivity index is 3.89. The lowest BCUT2D eigenvalue weighted by molar-refractivity contribution is -0.189. The topological polar surface area (TPSA) is 61.8 Å². The molecule has 0 unspecified atom stereocenters. The van der Waals surface area contributed by atoms with Crippen LogP contribution in [0.4, 0.5) is 0 Å². The summed E-state index contributed by atoms with van der Waals surface area (Å²) >= 11 is 0. The second-order valence-corrected chi connectivity index (χ2v) is 3.79. The Hall–Kier alpha value is -1.14. The lowest BCUT2D eigenvalue weighted by Crippen LogP contribution is -2.28. The fourth-order valence-electron chi connectivity index (χ4n) is 0.710. The summed E-state index contributed by atoms with van der Waals surface area (Å²) in [4.78, 5) is 21.2. The zero-order valence-corrected chi connectivity index (χ0v) is 9.73. The summed E-state index contributed by atoms with van der Waals surface area (Å²) in [5.41, 5.74) is 1.68. The molecule has 0 rings (SSSR count). The predicted octanol–water partition coefficient (Wildman–Crippen LogP) is -0.317. The molecular weight excluding hydrogens is 204 g/mol. The van der Waals surface area contributed by atoms with Crippen LogP contribution in [0.2, 0.25) is 0 Å². The van der Waals surface area contributed by atoms with Gasteiger partial charge in [0.1, 0.15) is 6.61 Å². The molecule has 0 aromatic heterocycles. The van der Waals surface area contributed by atoms with Crippen molar-refractivity contribution >= 4 is 21.7 Å². The van der Waals surface area contributed by atoms with Crippen molar-refractivity contribution in [3.8, 4) is 0 Å². The van der Waals surface area contributed by atoms with Crippen molar-refractivity contribution in [3.05, 3.63) is 12.3 Å². The first kappa shape index (κ1) is 12.9. The molecule has 0 aliphatic rings. The van der Waals surface area contributed by atoms with Crippen molar-refractivity contribution < 1.29 is 23.5 Å². The van der Waals surface area contributed by atoms with Crippen LogP contribution in [0.1, 0.15) is 13.8 Å². The van der Waals surface area contributed by atoms with Crippen molar-refractivity contribution in [3.63, 3.8) is 0 Å². The lowest BCUT2D eigenvalue weighted by atomic mass is 10.6. The van der Waals surface area contributed by atoms with Crippen LogP contribution in [0.15, 0.2) is 12.3 Å².